The lowest BCUT2D eigenvalue weighted by Crippen LogP contribution is -2.10. The number of anilines is 1. The summed E-state index contributed by atoms with van der Waals surface area (Å²) in [4.78, 5) is 12.8. The largest absolute Gasteiger partial charge is 0.454 e. The Hall–Kier alpha value is -3.00. The number of unbranched alkanes of at least 4 members (excludes halogenated alkanes) is 1. The number of thioether (sulfide) groups is 1. The Balaban J connectivity index is 1.32. The molecule has 0 atom stereocenters. The van der Waals surface area contributed by atoms with Crippen LogP contribution >= 0.6 is 11.8 Å². The fourth-order valence-corrected chi connectivity index (χ4v) is 3.53. The minimum Gasteiger partial charge on any atom is -0.454 e. The van der Waals surface area contributed by atoms with Crippen molar-refractivity contribution >= 4 is 23.4 Å². The molecule has 7 nitrogen and oxygen atoms in total. The zero-order chi connectivity index (χ0) is 20.1. The number of ether oxygens (including phenoxy) is 2. The molecular formula is C21H21N3O4S. The third kappa shape index (κ3) is 4.89. The standard InChI is InChI=1S/C21H21N3O4S/c1-2-3-4-19(25)22-15-6-8-16(9-7-15)29-12-20-23-24-21(28-20)14-5-10-17-18(11-14)27-13-26-17/h5-11H,2-4,12-13H2,1H3,(H,22,25). The average molecular weight is 411 g/mol. The molecule has 29 heavy (non-hydrogen) atoms. The van der Waals surface area contributed by atoms with Crippen molar-refractivity contribution in [2.45, 2.75) is 36.8 Å². The van der Waals surface area contributed by atoms with Gasteiger partial charge < -0.3 is 19.2 Å². The number of rotatable bonds is 8. The third-order valence-corrected chi connectivity index (χ3v) is 5.34. The summed E-state index contributed by atoms with van der Waals surface area (Å²) in [5.74, 6) is 2.99. The van der Waals surface area contributed by atoms with Gasteiger partial charge in [0.15, 0.2) is 11.5 Å². The molecule has 0 spiro atoms. The normalized spacial score (nSPS) is 12.2. The van der Waals surface area contributed by atoms with E-state index in [9.17, 15) is 4.79 Å². The summed E-state index contributed by atoms with van der Waals surface area (Å²) < 4.78 is 16.5. The molecule has 150 valence electrons. The van der Waals surface area contributed by atoms with Crippen LogP contribution in [0.3, 0.4) is 0 Å². The highest BCUT2D eigenvalue weighted by molar-refractivity contribution is 7.98. The maximum Gasteiger partial charge on any atom is 0.247 e. The van der Waals surface area contributed by atoms with Gasteiger partial charge in [-0.3, -0.25) is 4.79 Å². The number of fused-ring (bicyclic) bond motifs is 1. The summed E-state index contributed by atoms with van der Waals surface area (Å²) in [7, 11) is 0. The zero-order valence-electron chi connectivity index (χ0n) is 16.0. The van der Waals surface area contributed by atoms with Gasteiger partial charge in [0.25, 0.3) is 0 Å². The summed E-state index contributed by atoms with van der Waals surface area (Å²) in [6.45, 7) is 2.30. The average Bonchev–Trinajstić information content (AvgIpc) is 3.40. The highest BCUT2D eigenvalue weighted by Gasteiger charge is 2.16. The summed E-state index contributed by atoms with van der Waals surface area (Å²) in [5.41, 5.74) is 1.60. The first-order valence-corrected chi connectivity index (χ1v) is 10.4. The molecule has 3 aromatic rings. The van der Waals surface area contributed by atoms with E-state index in [0.29, 0.717) is 35.5 Å². The van der Waals surface area contributed by atoms with E-state index in [1.54, 1.807) is 11.8 Å². The minimum atomic E-state index is 0.0501. The fraction of sp³-hybridized carbons (Fsp3) is 0.286. The molecule has 1 aliphatic heterocycles. The van der Waals surface area contributed by atoms with Crippen LogP contribution < -0.4 is 14.8 Å². The van der Waals surface area contributed by atoms with Gasteiger partial charge in [-0.15, -0.1) is 22.0 Å². The van der Waals surface area contributed by atoms with Crippen LogP contribution in [-0.2, 0) is 10.5 Å². The van der Waals surface area contributed by atoms with E-state index in [-0.39, 0.29) is 12.7 Å². The predicted octanol–water partition coefficient (Wildman–Crippen LogP) is 4.89. The first-order valence-electron chi connectivity index (χ1n) is 9.46. The van der Waals surface area contributed by atoms with Crippen LogP contribution in [0.4, 0.5) is 5.69 Å². The maximum absolute atomic E-state index is 11.8. The van der Waals surface area contributed by atoms with E-state index < -0.39 is 0 Å². The van der Waals surface area contributed by atoms with Crippen LogP contribution in [0.1, 0.15) is 32.1 Å². The third-order valence-electron chi connectivity index (χ3n) is 4.34. The molecule has 2 heterocycles. The molecule has 8 heteroatoms. The second-order valence-corrected chi connectivity index (χ2v) is 7.58. The first kappa shape index (κ1) is 19.3. The smallest absolute Gasteiger partial charge is 0.247 e. The molecule has 2 aromatic carbocycles. The molecular weight excluding hydrogens is 390 g/mol. The lowest BCUT2D eigenvalue weighted by molar-refractivity contribution is -0.116. The number of hydrogen-bond acceptors (Lipinski definition) is 7. The molecule has 4 rings (SSSR count). The highest BCUT2D eigenvalue weighted by Crippen LogP contribution is 2.35. The number of nitrogens with zero attached hydrogens (tertiary/aromatic N) is 2. The number of carbonyl (C=O) groups excluding carboxylic acids is 1. The number of aromatic nitrogens is 2. The number of carbonyl (C=O) groups is 1. The summed E-state index contributed by atoms with van der Waals surface area (Å²) in [6, 6.07) is 13.3. The molecule has 0 saturated heterocycles. The lowest BCUT2D eigenvalue weighted by Gasteiger charge is -2.05. The zero-order valence-corrected chi connectivity index (χ0v) is 16.8. The second-order valence-electron chi connectivity index (χ2n) is 6.53. The number of hydrogen-bond donors (Lipinski definition) is 1. The van der Waals surface area contributed by atoms with Gasteiger partial charge in [0.05, 0.1) is 5.75 Å². The van der Waals surface area contributed by atoms with Crippen molar-refractivity contribution < 1.29 is 18.7 Å². The quantitative estimate of drug-likeness (QED) is 0.528. The van der Waals surface area contributed by atoms with E-state index in [4.69, 9.17) is 13.9 Å². The molecule has 1 aromatic heterocycles. The molecule has 0 aliphatic carbocycles. The van der Waals surface area contributed by atoms with Crippen molar-refractivity contribution in [3.8, 4) is 23.0 Å². The van der Waals surface area contributed by atoms with E-state index in [0.717, 1.165) is 29.0 Å². The van der Waals surface area contributed by atoms with Crippen LogP contribution in [-0.4, -0.2) is 22.9 Å². The van der Waals surface area contributed by atoms with E-state index in [1.807, 2.05) is 42.5 Å². The maximum atomic E-state index is 11.8. The molecule has 1 amide bonds. The lowest BCUT2D eigenvalue weighted by atomic mass is 10.2. The molecule has 0 radical (unpaired) electrons. The number of benzene rings is 2. The Morgan fingerprint density at radius 1 is 1.10 bits per heavy atom. The van der Waals surface area contributed by atoms with Crippen molar-refractivity contribution in [1.82, 2.24) is 10.2 Å². The Morgan fingerprint density at radius 2 is 1.93 bits per heavy atom. The van der Waals surface area contributed by atoms with Crippen molar-refractivity contribution in [2.24, 2.45) is 0 Å². The van der Waals surface area contributed by atoms with Crippen molar-refractivity contribution in [1.29, 1.82) is 0 Å². The Labute approximate surface area is 172 Å². The second kappa shape index (κ2) is 9.00. The molecule has 0 bridgehead atoms. The van der Waals surface area contributed by atoms with Crippen molar-refractivity contribution in [3.05, 3.63) is 48.4 Å². The Morgan fingerprint density at radius 3 is 2.76 bits per heavy atom. The van der Waals surface area contributed by atoms with Crippen LogP contribution in [0, 0.1) is 0 Å². The first-order chi connectivity index (χ1) is 14.2. The molecule has 0 unspecified atom stereocenters. The van der Waals surface area contributed by atoms with Crippen LogP contribution in [0.5, 0.6) is 11.5 Å². The number of nitrogens with one attached hydrogen (secondary N) is 1. The van der Waals surface area contributed by atoms with Crippen LogP contribution in [0.15, 0.2) is 51.8 Å². The van der Waals surface area contributed by atoms with Gasteiger partial charge in [-0.2, -0.15) is 0 Å². The SMILES string of the molecule is CCCCC(=O)Nc1ccc(SCc2nnc(-c3ccc4c(c3)OCO4)o2)cc1. The predicted molar refractivity (Wildman–Crippen MR) is 110 cm³/mol. The Bertz CT molecular complexity index is 988. The van der Waals surface area contributed by atoms with Gasteiger partial charge in [0.2, 0.25) is 24.5 Å². The van der Waals surface area contributed by atoms with Crippen LogP contribution in [0.25, 0.3) is 11.5 Å². The fourth-order valence-electron chi connectivity index (χ4n) is 2.80. The Kier molecular flexibility index (Phi) is 6.00. The summed E-state index contributed by atoms with van der Waals surface area (Å²) in [5, 5.41) is 11.2. The van der Waals surface area contributed by atoms with Gasteiger partial charge >= 0.3 is 0 Å². The molecule has 0 saturated carbocycles. The van der Waals surface area contributed by atoms with Gasteiger partial charge in [-0.05, 0) is 48.9 Å². The van der Waals surface area contributed by atoms with E-state index in [2.05, 4.69) is 22.4 Å². The summed E-state index contributed by atoms with van der Waals surface area (Å²) >= 11 is 1.59. The molecule has 0 fully saturated rings. The molecule has 1 N–H and O–H groups in total. The van der Waals surface area contributed by atoms with Crippen molar-refractivity contribution in [3.63, 3.8) is 0 Å². The molecule has 1 aliphatic rings. The topological polar surface area (TPSA) is 86.5 Å². The van der Waals surface area contributed by atoms with Gasteiger partial charge in [0.1, 0.15) is 0 Å². The van der Waals surface area contributed by atoms with Gasteiger partial charge in [0, 0.05) is 22.6 Å². The van der Waals surface area contributed by atoms with E-state index in [1.165, 1.54) is 0 Å². The van der Waals surface area contributed by atoms with Gasteiger partial charge in [-0.25, -0.2) is 0 Å². The van der Waals surface area contributed by atoms with Gasteiger partial charge in [-0.1, -0.05) is 13.3 Å². The van der Waals surface area contributed by atoms with Crippen molar-refractivity contribution in [2.75, 3.05) is 12.1 Å². The monoisotopic (exact) mass is 411 g/mol. The van der Waals surface area contributed by atoms with E-state index >= 15 is 0 Å². The summed E-state index contributed by atoms with van der Waals surface area (Å²) in [6.07, 6.45) is 2.46. The highest BCUT2D eigenvalue weighted by atomic mass is 32.2. The minimum absolute atomic E-state index is 0.0501. The van der Waals surface area contributed by atoms with Crippen LogP contribution in [0.2, 0.25) is 0 Å². The number of amides is 1.